The largest absolute Gasteiger partial charge is 0.397 e. The topological polar surface area (TPSA) is 109 Å². The molecule has 6 nitrogen and oxygen atoms in total. The van der Waals surface area contributed by atoms with Crippen molar-refractivity contribution in [3.63, 3.8) is 0 Å². The quantitative estimate of drug-likeness (QED) is 0.489. The van der Waals surface area contributed by atoms with Gasteiger partial charge in [-0.1, -0.05) is 6.92 Å². The molecule has 0 saturated heterocycles. The molecule has 0 bridgehead atoms. The zero-order chi connectivity index (χ0) is 24.6. The van der Waals surface area contributed by atoms with Crippen molar-refractivity contribution >= 4 is 11.5 Å². The molecule has 1 aromatic carbocycles. The second-order valence-corrected chi connectivity index (χ2v) is 9.25. The Balaban J connectivity index is 1.61. The summed E-state index contributed by atoms with van der Waals surface area (Å²) in [5, 5.41) is 21.0. The predicted molar refractivity (Wildman–Crippen MR) is 124 cm³/mol. The van der Waals surface area contributed by atoms with E-state index in [1.54, 1.807) is 25.4 Å². The number of nitrogens with zero attached hydrogens (tertiary/aromatic N) is 2. The lowest BCUT2D eigenvalue weighted by Crippen LogP contribution is -2.49. The number of Topliss-reactive ketones (excluding diaryl/α,β-unsaturated/α-hetero) is 1. The van der Waals surface area contributed by atoms with Crippen LogP contribution in [-0.2, 0) is 6.42 Å². The van der Waals surface area contributed by atoms with E-state index in [0.29, 0.717) is 29.7 Å². The molecular weight excluding hydrogens is 440 g/mol. The van der Waals surface area contributed by atoms with Gasteiger partial charge in [-0.3, -0.25) is 9.78 Å². The highest BCUT2D eigenvalue weighted by molar-refractivity contribution is 6.00. The molecule has 8 heteroatoms. The highest BCUT2D eigenvalue weighted by atomic mass is 19.2. The first-order valence-corrected chi connectivity index (χ1v) is 11.2. The molecule has 1 fully saturated rings. The maximum absolute atomic E-state index is 13.7. The Morgan fingerprint density at radius 3 is 2.65 bits per heavy atom. The van der Waals surface area contributed by atoms with Gasteiger partial charge in [0.1, 0.15) is 5.69 Å². The number of pyridine rings is 2. The zero-order valence-electron chi connectivity index (χ0n) is 19.0. The van der Waals surface area contributed by atoms with Crippen LogP contribution in [0.3, 0.4) is 0 Å². The second kappa shape index (κ2) is 9.19. The summed E-state index contributed by atoms with van der Waals surface area (Å²) >= 11 is 0. The summed E-state index contributed by atoms with van der Waals surface area (Å²) in [5.74, 6) is -2.50. The Kier molecular flexibility index (Phi) is 6.47. The van der Waals surface area contributed by atoms with E-state index in [0.717, 1.165) is 17.7 Å². The van der Waals surface area contributed by atoms with Crippen LogP contribution in [0.2, 0.25) is 0 Å². The van der Waals surface area contributed by atoms with Gasteiger partial charge in [0.2, 0.25) is 0 Å². The highest BCUT2D eigenvalue weighted by Gasteiger charge is 2.43. The normalized spacial score (nSPS) is 24.7. The van der Waals surface area contributed by atoms with Gasteiger partial charge in [-0.25, -0.2) is 13.8 Å². The number of ketones is 1. The molecule has 1 aliphatic carbocycles. The first kappa shape index (κ1) is 23.9. The third-order valence-corrected chi connectivity index (χ3v) is 6.96. The van der Waals surface area contributed by atoms with Crippen molar-refractivity contribution in [2.75, 3.05) is 5.73 Å². The van der Waals surface area contributed by atoms with E-state index < -0.39 is 23.3 Å². The molecule has 2 aromatic heterocycles. The fourth-order valence-electron chi connectivity index (χ4n) is 4.60. The molecule has 34 heavy (non-hydrogen) atoms. The molecule has 0 radical (unpaired) electrons. The van der Waals surface area contributed by atoms with Crippen molar-refractivity contribution in [3.8, 4) is 11.3 Å². The average molecular weight is 468 g/mol. The minimum absolute atomic E-state index is 0.0149. The number of hydrogen-bond acceptors (Lipinski definition) is 6. The number of carbonyl (C=O) groups excluding carboxylic acids is 1. The maximum atomic E-state index is 13.7. The van der Waals surface area contributed by atoms with Crippen molar-refractivity contribution in [1.82, 2.24) is 9.97 Å². The molecule has 1 saturated carbocycles. The first-order valence-electron chi connectivity index (χ1n) is 11.2. The Morgan fingerprint density at radius 1 is 1.18 bits per heavy atom. The van der Waals surface area contributed by atoms with Crippen molar-refractivity contribution in [3.05, 3.63) is 77.2 Å². The van der Waals surface area contributed by atoms with Crippen molar-refractivity contribution in [2.24, 2.45) is 5.92 Å². The van der Waals surface area contributed by atoms with Crippen LogP contribution in [0.25, 0.3) is 11.3 Å². The van der Waals surface area contributed by atoms with Crippen LogP contribution in [0.1, 0.15) is 54.2 Å². The number of nitrogen functional groups attached to an aromatic ring is 1. The summed E-state index contributed by atoms with van der Waals surface area (Å²) < 4.78 is 27.0. The van der Waals surface area contributed by atoms with Crippen LogP contribution in [0.4, 0.5) is 14.5 Å². The number of halogens is 2. The molecule has 0 aliphatic heterocycles. The number of aromatic nitrogens is 2. The number of aliphatic hydroxyl groups is 2. The molecule has 0 amide bonds. The molecule has 0 unspecified atom stereocenters. The van der Waals surface area contributed by atoms with Crippen molar-refractivity contribution in [1.29, 1.82) is 0 Å². The van der Waals surface area contributed by atoms with Crippen LogP contribution in [0, 0.1) is 17.6 Å². The summed E-state index contributed by atoms with van der Waals surface area (Å²) in [4.78, 5) is 21.7. The molecular formula is C26H27F2N3O3. The summed E-state index contributed by atoms with van der Waals surface area (Å²) in [6.45, 7) is 3.54. The summed E-state index contributed by atoms with van der Waals surface area (Å²) in [5.41, 5.74) is 7.29. The van der Waals surface area contributed by atoms with E-state index in [-0.39, 0.29) is 35.4 Å². The lowest BCUT2D eigenvalue weighted by atomic mass is 9.68. The van der Waals surface area contributed by atoms with Gasteiger partial charge in [0.15, 0.2) is 17.4 Å². The first-order chi connectivity index (χ1) is 16.1. The number of nitrogens with two attached hydrogens (primary N) is 1. The van der Waals surface area contributed by atoms with Crippen LogP contribution in [0.5, 0.6) is 0 Å². The number of carbonyl (C=O) groups is 1. The van der Waals surface area contributed by atoms with E-state index in [9.17, 15) is 23.8 Å². The SMILES string of the molecule is C[C@H]1C[C@@H](c2ccncc2CC(=O)c2nc(-c3ccc(F)c(F)c3)ccc2N)C[C@@H](O)[C@]1(C)O. The molecule has 2 heterocycles. The van der Waals surface area contributed by atoms with Gasteiger partial charge >= 0.3 is 0 Å². The summed E-state index contributed by atoms with van der Waals surface area (Å²) in [7, 11) is 0. The average Bonchev–Trinajstić information content (AvgIpc) is 2.80. The summed E-state index contributed by atoms with van der Waals surface area (Å²) in [6.07, 6.45) is 3.38. The van der Waals surface area contributed by atoms with E-state index in [4.69, 9.17) is 5.73 Å². The smallest absolute Gasteiger partial charge is 0.187 e. The fraction of sp³-hybridized carbons (Fsp3) is 0.346. The zero-order valence-corrected chi connectivity index (χ0v) is 19.0. The molecule has 178 valence electrons. The van der Waals surface area contributed by atoms with Gasteiger partial charge in [0, 0.05) is 24.4 Å². The minimum Gasteiger partial charge on any atom is -0.397 e. The Hall–Kier alpha value is -3.23. The molecule has 0 spiro atoms. The van der Waals surface area contributed by atoms with Crippen LogP contribution in [0.15, 0.2) is 48.8 Å². The van der Waals surface area contributed by atoms with Crippen LogP contribution >= 0.6 is 0 Å². The minimum atomic E-state index is -1.17. The van der Waals surface area contributed by atoms with E-state index in [1.807, 2.05) is 13.0 Å². The highest BCUT2D eigenvalue weighted by Crippen LogP contribution is 2.42. The van der Waals surface area contributed by atoms with Crippen LogP contribution < -0.4 is 5.73 Å². The third-order valence-electron chi connectivity index (χ3n) is 6.96. The Morgan fingerprint density at radius 2 is 1.94 bits per heavy atom. The molecule has 3 aromatic rings. The number of hydrogen-bond donors (Lipinski definition) is 3. The fourth-order valence-corrected chi connectivity index (χ4v) is 4.60. The number of benzene rings is 1. The molecule has 1 aliphatic rings. The second-order valence-electron chi connectivity index (χ2n) is 9.25. The Labute approximate surface area is 196 Å². The van der Waals surface area contributed by atoms with E-state index >= 15 is 0 Å². The van der Waals surface area contributed by atoms with E-state index in [1.165, 1.54) is 12.1 Å². The number of rotatable bonds is 5. The number of anilines is 1. The predicted octanol–water partition coefficient (Wildman–Crippen LogP) is 4.05. The van der Waals surface area contributed by atoms with Crippen LogP contribution in [-0.4, -0.2) is 37.7 Å². The molecule has 4 rings (SSSR count). The summed E-state index contributed by atoms with van der Waals surface area (Å²) in [6, 6.07) is 8.30. The third kappa shape index (κ3) is 4.56. The van der Waals surface area contributed by atoms with Gasteiger partial charge in [0.25, 0.3) is 0 Å². The van der Waals surface area contributed by atoms with Gasteiger partial charge < -0.3 is 15.9 Å². The lowest BCUT2D eigenvalue weighted by Gasteiger charge is -2.43. The van der Waals surface area contributed by atoms with Gasteiger partial charge in [-0.2, -0.15) is 0 Å². The monoisotopic (exact) mass is 467 g/mol. The number of aliphatic hydroxyl groups excluding tert-OH is 1. The lowest BCUT2D eigenvalue weighted by molar-refractivity contribution is -0.123. The molecule has 4 atom stereocenters. The standard InChI is InChI=1S/C26H27F2N3O3/c1-14-9-16(12-24(33)26(14,2)34)18-7-8-30-13-17(18)11-23(32)25-21(29)5-6-22(31-25)15-3-4-19(27)20(28)10-15/h3-8,10,13-14,16,24,33-34H,9,11-12,29H2,1-2H3/t14-,16+,24+,26+/m0/s1. The molecule has 4 N–H and O–H groups in total. The van der Waals surface area contributed by atoms with Crippen molar-refractivity contribution in [2.45, 2.75) is 50.7 Å². The van der Waals surface area contributed by atoms with Gasteiger partial charge in [-0.15, -0.1) is 0 Å². The van der Waals surface area contributed by atoms with Crippen molar-refractivity contribution < 1.29 is 23.8 Å². The van der Waals surface area contributed by atoms with E-state index in [2.05, 4.69) is 9.97 Å². The van der Waals surface area contributed by atoms with Gasteiger partial charge in [-0.05, 0) is 79.1 Å². The van der Waals surface area contributed by atoms with Gasteiger partial charge in [0.05, 0.1) is 23.1 Å². The maximum Gasteiger partial charge on any atom is 0.187 e. The Bertz CT molecular complexity index is 1220.